The molecule has 0 bridgehead atoms. The monoisotopic (exact) mass is 201 g/mol. The third-order valence-corrected chi connectivity index (χ3v) is 2.21. The molecule has 0 aliphatic carbocycles. The Labute approximate surface area is 84.8 Å². The number of ketones is 1. The minimum Gasteiger partial charge on any atom is -0.292 e. The molecule has 0 saturated carbocycles. The summed E-state index contributed by atoms with van der Waals surface area (Å²) in [6.45, 7) is 3.90. The lowest BCUT2D eigenvalue weighted by Crippen LogP contribution is -2.29. The molecular weight excluding hydrogens is 182 g/mol. The summed E-state index contributed by atoms with van der Waals surface area (Å²) in [5.74, 6) is -0.203. The van der Waals surface area contributed by atoms with Crippen molar-refractivity contribution in [3.8, 4) is 0 Å². The number of nitrogens with zero attached hydrogens (tertiary/aromatic N) is 1. The maximum absolute atomic E-state index is 11.4. The van der Waals surface area contributed by atoms with E-state index in [1.807, 2.05) is 13.8 Å². The zero-order chi connectivity index (χ0) is 11.0. The van der Waals surface area contributed by atoms with E-state index in [0.717, 1.165) is 19.3 Å². The average Bonchev–Trinajstić information content (AvgIpc) is 2.13. The van der Waals surface area contributed by atoms with Gasteiger partial charge in [0.25, 0.3) is 6.04 Å². The molecule has 0 radical (unpaired) electrons. The summed E-state index contributed by atoms with van der Waals surface area (Å²) in [7, 11) is 0. The quantitative estimate of drug-likeness (QED) is 0.344. The molecule has 0 aromatic carbocycles. The van der Waals surface area contributed by atoms with E-state index in [-0.39, 0.29) is 5.78 Å². The van der Waals surface area contributed by atoms with Crippen LogP contribution in [0.2, 0.25) is 0 Å². The highest BCUT2D eigenvalue weighted by Crippen LogP contribution is 2.08. The van der Waals surface area contributed by atoms with Gasteiger partial charge in [0, 0.05) is 17.8 Å². The van der Waals surface area contributed by atoms with Gasteiger partial charge in [-0.2, -0.15) is 0 Å². The number of carbonyl (C=O) groups excluding carboxylic acids is 1. The Morgan fingerprint density at radius 2 is 1.93 bits per heavy atom. The lowest BCUT2D eigenvalue weighted by atomic mass is 10.0. The fourth-order valence-corrected chi connectivity index (χ4v) is 1.37. The summed E-state index contributed by atoms with van der Waals surface area (Å²) in [5.41, 5.74) is 0. The fourth-order valence-electron chi connectivity index (χ4n) is 1.37. The smallest absolute Gasteiger partial charge is 0.270 e. The van der Waals surface area contributed by atoms with Crippen LogP contribution in [0.1, 0.15) is 52.4 Å². The highest BCUT2D eigenvalue weighted by molar-refractivity contribution is 5.82. The molecule has 0 heterocycles. The summed E-state index contributed by atoms with van der Waals surface area (Å²) in [6, 6.07) is -0.961. The number of rotatable bonds is 8. The molecule has 0 aliphatic heterocycles. The standard InChI is InChI=1S/C10H19NO3/c1-3-5-6-8-10(12)9(7-4-2)11(13)14/h9H,3-8H2,1-2H3. The number of carbonyl (C=O) groups is 1. The van der Waals surface area contributed by atoms with Crippen molar-refractivity contribution in [2.45, 2.75) is 58.4 Å². The Bertz CT molecular complexity index is 192. The van der Waals surface area contributed by atoms with Crippen molar-refractivity contribution in [3.63, 3.8) is 0 Å². The van der Waals surface area contributed by atoms with E-state index in [1.54, 1.807) is 0 Å². The number of hydrogen-bond donors (Lipinski definition) is 0. The number of unbranched alkanes of at least 4 members (excludes halogenated alkanes) is 2. The molecule has 0 aromatic heterocycles. The SMILES string of the molecule is CCCCCC(=O)C(CCC)[N+](=O)[O-]. The molecule has 4 heteroatoms. The second kappa shape index (κ2) is 7.47. The van der Waals surface area contributed by atoms with E-state index in [1.165, 1.54) is 0 Å². The summed E-state index contributed by atoms with van der Waals surface area (Å²) < 4.78 is 0. The van der Waals surface area contributed by atoms with E-state index in [4.69, 9.17) is 0 Å². The minimum absolute atomic E-state index is 0.203. The predicted octanol–water partition coefficient (Wildman–Crippen LogP) is 2.58. The van der Waals surface area contributed by atoms with Crippen molar-refractivity contribution in [1.82, 2.24) is 0 Å². The maximum Gasteiger partial charge on any atom is 0.270 e. The lowest BCUT2D eigenvalue weighted by Gasteiger charge is -2.06. The average molecular weight is 201 g/mol. The summed E-state index contributed by atoms with van der Waals surface area (Å²) in [6.07, 6.45) is 4.21. The lowest BCUT2D eigenvalue weighted by molar-refractivity contribution is -0.508. The second-order valence-corrected chi connectivity index (χ2v) is 3.51. The molecule has 14 heavy (non-hydrogen) atoms. The zero-order valence-electron chi connectivity index (χ0n) is 8.99. The Balaban J connectivity index is 3.96. The fraction of sp³-hybridized carbons (Fsp3) is 0.900. The molecule has 1 unspecified atom stereocenters. The van der Waals surface area contributed by atoms with Crippen LogP contribution in [0.3, 0.4) is 0 Å². The van der Waals surface area contributed by atoms with E-state index >= 15 is 0 Å². The molecule has 1 atom stereocenters. The first-order valence-electron chi connectivity index (χ1n) is 5.29. The Morgan fingerprint density at radius 1 is 1.29 bits per heavy atom. The van der Waals surface area contributed by atoms with Gasteiger partial charge >= 0.3 is 0 Å². The van der Waals surface area contributed by atoms with E-state index < -0.39 is 11.0 Å². The van der Waals surface area contributed by atoms with Crippen molar-refractivity contribution >= 4 is 5.78 Å². The van der Waals surface area contributed by atoms with Gasteiger partial charge in [-0.05, 0) is 12.8 Å². The van der Waals surface area contributed by atoms with Crippen molar-refractivity contribution in [3.05, 3.63) is 10.1 Å². The number of Topliss-reactive ketones (excluding diaryl/α,β-unsaturated/α-hetero) is 1. The van der Waals surface area contributed by atoms with Crippen molar-refractivity contribution in [2.24, 2.45) is 0 Å². The highest BCUT2D eigenvalue weighted by Gasteiger charge is 2.27. The summed E-state index contributed by atoms with van der Waals surface area (Å²) >= 11 is 0. The third-order valence-electron chi connectivity index (χ3n) is 2.21. The predicted molar refractivity (Wildman–Crippen MR) is 54.8 cm³/mol. The third kappa shape index (κ3) is 4.94. The molecular formula is C10H19NO3. The van der Waals surface area contributed by atoms with Crippen LogP contribution in [-0.4, -0.2) is 16.7 Å². The van der Waals surface area contributed by atoms with Crippen molar-refractivity contribution in [1.29, 1.82) is 0 Å². The van der Waals surface area contributed by atoms with Crippen LogP contribution in [0.5, 0.6) is 0 Å². The van der Waals surface area contributed by atoms with E-state index in [9.17, 15) is 14.9 Å². The van der Waals surface area contributed by atoms with Crippen LogP contribution in [0, 0.1) is 10.1 Å². The largest absolute Gasteiger partial charge is 0.292 e. The zero-order valence-corrected chi connectivity index (χ0v) is 8.99. The van der Waals surface area contributed by atoms with Gasteiger partial charge in [0.05, 0.1) is 0 Å². The van der Waals surface area contributed by atoms with Gasteiger partial charge in [-0.1, -0.05) is 26.7 Å². The van der Waals surface area contributed by atoms with Gasteiger partial charge in [0.15, 0.2) is 0 Å². The molecule has 4 nitrogen and oxygen atoms in total. The Kier molecular flexibility index (Phi) is 6.98. The first-order valence-corrected chi connectivity index (χ1v) is 5.29. The van der Waals surface area contributed by atoms with Crippen LogP contribution in [0.4, 0.5) is 0 Å². The maximum atomic E-state index is 11.4. The normalized spacial score (nSPS) is 12.4. The molecule has 0 aromatic rings. The molecule has 0 saturated heterocycles. The first-order chi connectivity index (χ1) is 6.63. The van der Waals surface area contributed by atoms with Gasteiger partial charge < -0.3 is 0 Å². The van der Waals surface area contributed by atoms with E-state index in [0.29, 0.717) is 19.3 Å². The van der Waals surface area contributed by atoms with Gasteiger partial charge in [-0.25, -0.2) is 0 Å². The molecule has 0 spiro atoms. The van der Waals surface area contributed by atoms with E-state index in [2.05, 4.69) is 0 Å². The van der Waals surface area contributed by atoms with Crippen LogP contribution < -0.4 is 0 Å². The molecule has 0 fully saturated rings. The second-order valence-electron chi connectivity index (χ2n) is 3.51. The topological polar surface area (TPSA) is 60.2 Å². The number of nitro groups is 1. The summed E-state index contributed by atoms with van der Waals surface area (Å²) in [5, 5.41) is 10.5. The van der Waals surface area contributed by atoms with Crippen LogP contribution in [0.15, 0.2) is 0 Å². The van der Waals surface area contributed by atoms with Gasteiger partial charge in [-0.15, -0.1) is 0 Å². The van der Waals surface area contributed by atoms with Crippen molar-refractivity contribution < 1.29 is 9.72 Å². The number of hydrogen-bond acceptors (Lipinski definition) is 3. The highest BCUT2D eigenvalue weighted by atomic mass is 16.6. The van der Waals surface area contributed by atoms with Gasteiger partial charge in [0.2, 0.25) is 5.78 Å². The van der Waals surface area contributed by atoms with Crippen LogP contribution in [-0.2, 0) is 4.79 Å². The molecule has 0 aliphatic rings. The molecule has 82 valence electrons. The van der Waals surface area contributed by atoms with Crippen LogP contribution in [0.25, 0.3) is 0 Å². The Hall–Kier alpha value is -0.930. The van der Waals surface area contributed by atoms with Gasteiger partial charge in [0.1, 0.15) is 0 Å². The Morgan fingerprint density at radius 3 is 2.36 bits per heavy atom. The van der Waals surface area contributed by atoms with Gasteiger partial charge in [-0.3, -0.25) is 14.9 Å². The summed E-state index contributed by atoms with van der Waals surface area (Å²) in [4.78, 5) is 21.5. The van der Waals surface area contributed by atoms with Crippen LogP contribution >= 0.6 is 0 Å². The molecule has 0 amide bonds. The minimum atomic E-state index is -0.961. The first kappa shape index (κ1) is 13.1. The molecule has 0 rings (SSSR count). The van der Waals surface area contributed by atoms with Crippen molar-refractivity contribution in [2.75, 3.05) is 0 Å². The molecule has 0 N–H and O–H groups in total.